The first-order valence-corrected chi connectivity index (χ1v) is 6.84. The third kappa shape index (κ3) is 3.46. The maximum Gasteiger partial charge on any atom is 0.251 e. The molecule has 4 nitrogen and oxygen atoms in total. The number of carbonyl (C=O) groups is 1. The molecule has 1 aromatic rings. The molecule has 2 rings (SSSR count). The van der Waals surface area contributed by atoms with Crippen LogP contribution in [-0.2, 0) is 4.74 Å². The molecule has 0 aliphatic carbocycles. The van der Waals surface area contributed by atoms with Gasteiger partial charge in [0.1, 0.15) is 5.75 Å². The molecule has 0 radical (unpaired) electrons. The molecule has 1 aromatic carbocycles. The molecule has 1 unspecified atom stereocenters. The summed E-state index contributed by atoms with van der Waals surface area (Å²) in [5.74, 6) is -0.122. The summed E-state index contributed by atoms with van der Waals surface area (Å²) in [6, 6.07) is 4.77. The highest BCUT2D eigenvalue weighted by Gasteiger charge is 2.15. The fourth-order valence-corrected chi connectivity index (χ4v) is 2.18. The summed E-state index contributed by atoms with van der Waals surface area (Å²) in [6.45, 7) is 1.30. The first-order valence-electron chi connectivity index (χ1n) is 6.05. The van der Waals surface area contributed by atoms with Crippen molar-refractivity contribution in [1.82, 2.24) is 5.32 Å². The Hall–Kier alpha value is -1.07. The van der Waals surface area contributed by atoms with E-state index in [4.69, 9.17) is 4.74 Å². The summed E-state index contributed by atoms with van der Waals surface area (Å²) in [5.41, 5.74) is 0.450. The topological polar surface area (TPSA) is 58.6 Å². The number of phenols is 1. The van der Waals surface area contributed by atoms with E-state index in [9.17, 15) is 9.90 Å². The van der Waals surface area contributed by atoms with Crippen molar-refractivity contribution in [3.8, 4) is 5.75 Å². The smallest absolute Gasteiger partial charge is 0.251 e. The molecule has 0 saturated carbocycles. The van der Waals surface area contributed by atoms with Gasteiger partial charge in [-0.15, -0.1) is 0 Å². The number of hydrogen-bond donors (Lipinski definition) is 2. The van der Waals surface area contributed by atoms with E-state index in [1.807, 2.05) is 0 Å². The second-order valence-corrected chi connectivity index (χ2v) is 5.22. The highest BCUT2D eigenvalue weighted by molar-refractivity contribution is 9.10. The summed E-state index contributed by atoms with van der Waals surface area (Å²) in [6.07, 6.45) is 3.36. The molecule has 0 aromatic heterocycles. The van der Waals surface area contributed by atoms with E-state index in [0.29, 0.717) is 16.6 Å². The Morgan fingerprint density at radius 2 is 2.33 bits per heavy atom. The largest absolute Gasteiger partial charge is 0.507 e. The van der Waals surface area contributed by atoms with E-state index < -0.39 is 0 Å². The normalized spacial score (nSPS) is 19.5. The number of amides is 1. The zero-order valence-corrected chi connectivity index (χ0v) is 11.6. The van der Waals surface area contributed by atoms with E-state index >= 15 is 0 Å². The second kappa shape index (κ2) is 6.20. The van der Waals surface area contributed by atoms with Crippen LogP contribution in [-0.4, -0.2) is 30.3 Å². The monoisotopic (exact) mass is 313 g/mol. The Kier molecular flexibility index (Phi) is 4.60. The minimum absolute atomic E-state index is 0.0663. The van der Waals surface area contributed by atoms with Gasteiger partial charge in [0.05, 0.1) is 10.6 Å². The van der Waals surface area contributed by atoms with Gasteiger partial charge in [0.15, 0.2) is 0 Å². The van der Waals surface area contributed by atoms with Crippen molar-refractivity contribution in [2.24, 2.45) is 0 Å². The highest BCUT2D eigenvalue weighted by atomic mass is 79.9. The number of rotatable bonds is 3. The first-order chi connectivity index (χ1) is 8.66. The van der Waals surface area contributed by atoms with Crippen LogP contribution in [0.15, 0.2) is 22.7 Å². The van der Waals surface area contributed by atoms with Gasteiger partial charge in [-0.05, 0) is 53.4 Å². The Labute approximate surface area is 114 Å². The average molecular weight is 314 g/mol. The van der Waals surface area contributed by atoms with Gasteiger partial charge < -0.3 is 15.2 Å². The van der Waals surface area contributed by atoms with Gasteiger partial charge in [0, 0.05) is 18.7 Å². The highest BCUT2D eigenvalue weighted by Crippen LogP contribution is 2.24. The van der Waals surface area contributed by atoms with Gasteiger partial charge in [-0.2, -0.15) is 0 Å². The van der Waals surface area contributed by atoms with Gasteiger partial charge in [-0.1, -0.05) is 0 Å². The van der Waals surface area contributed by atoms with Gasteiger partial charge in [-0.25, -0.2) is 0 Å². The predicted molar refractivity (Wildman–Crippen MR) is 71.7 cm³/mol. The molecule has 2 N–H and O–H groups in total. The van der Waals surface area contributed by atoms with Gasteiger partial charge in [0.25, 0.3) is 5.91 Å². The van der Waals surface area contributed by atoms with Crippen molar-refractivity contribution in [3.05, 3.63) is 28.2 Å². The number of phenolic OH excluding ortho intramolecular Hbond substituents is 1. The van der Waals surface area contributed by atoms with Crippen LogP contribution in [0.4, 0.5) is 0 Å². The van der Waals surface area contributed by atoms with E-state index in [1.165, 1.54) is 6.07 Å². The van der Waals surface area contributed by atoms with Crippen LogP contribution < -0.4 is 5.32 Å². The second-order valence-electron chi connectivity index (χ2n) is 4.36. The van der Waals surface area contributed by atoms with Gasteiger partial charge in [0.2, 0.25) is 0 Å². The summed E-state index contributed by atoms with van der Waals surface area (Å²) in [4.78, 5) is 11.9. The molecule has 98 valence electrons. The Bertz CT molecular complexity index is 430. The van der Waals surface area contributed by atoms with E-state index in [1.54, 1.807) is 12.1 Å². The molecule has 1 aliphatic heterocycles. The van der Waals surface area contributed by atoms with Crippen LogP contribution in [0.5, 0.6) is 5.75 Å². The molecule has 18 heavy (non-hydrogen) atoms. The Morgan fingerprint density at radius 1 is 1.50 bits per heavy atom. The molecule has 1 fully saturated rings. The number of nitrogens with one attached hydrogen (secondary N) is 1. The molecule has 0 bridgehead atoms. The molecule has 1 amide bonds. The zero-order valence-electron chi connectivity index (χ0n) is 9.99. The zero-order chi connectivity index (χ0) is 13.0. The molecule has 1 aliphatic rings. The van der Waals surface area contributed by atoms with Crippen molar-refractivity contribution in [2.45, 2.75) is 25.4 Å². The number of benzene rings is 1. The standard InChI is InChI=1S/C13H16BrNO3/c14-11-5-4-9(7-12(11)16)13(17)15-8-10-3-1-2-6-18-10/h4-5,7,10,16H,1-3,6,8H2,(H,15,17). The van der Waals surface area contributed by atoms with Crippen LogP contribution >= 0.6 is 15.9 Å². The molecule has 1 heterocycles. The van der Waals surface area contributed by atoms with E-state index in [0.717, 1.165) is 25.9 Å². The fraction of sp³-hybridized carbons (Fsp3) is 0.462. The van der Waals surface area contributed by atoms with Crippen LogP contribution in [0.3, 0.4) is 0 Å². The molecule has 5 heteroatoms. The SMILES string of the molecule is O=C(NCC1CCCCO1)c1ccc(Br)c(O)c1. The van der Waals surface area contributed by atoms with Crippen molar-refractivity contribution in [1.29, 1.82) is 0 Å². The number of ether oxygens (including phenoxy) is 1. The Balaban J connectivity index is 1.88. The molecular weight excluding hydrogens is 298 g/mol. The number of aromatic hydroxyl groups is 1. The number of carbonyl (C=O) groups excluding carboxylic acids is 1. The maximum atomic E-state index is 11.9. The molecule has 1 atom stereocenters. The van der Waals surface area contributed by atoms with Crippen LogP contribution in [0.2, 0.25) is 0 Å². The lowest BCUT2D eigenvalue weighted by Crippen LogP contribution is -2.35. The lowest BCUT2D eigenvalue weighted by atomic mass is 10.1. The lowest BCUT2D eigenvalue weighted by Gasteiger charge is -2.22. The van der Waals surface area contributed by atoms with Gasteiger partial charge >= 0.3 is 0 Å². The summed E-state index contributed by atoms with van der Waals surface area (Å²) < 4.78 is 6.11. The minimum Gasteiger partial charge on any atom is -0.507 e. The van der Waals surface area contributed by atoms with Crippen LogP contribution in [0, 0.1) is 0 Å². The van der Waals surface area contributed by atoms with Gasteiger partial charge in [-0.3, -0.25) is 4.79 Å². The number of halogens is 1. The van der Waals surface area contributed by atoms with Crippen LogP contribution in [0.25, 0.3) is 0 Å². The number of hydrogen-bond acceptors (Lipinski definition) is 3. The summed E-state index contributed by atoms with van der Waals surface area (Å²) >= 11 is 3.18. The lowest BCUT2D eigenvalue weighted by molar-refractivity contribution is 0.0169. The molecular formula is C13H16BrNO3. The van der Waals surface area contributed by atoms with Crippen LogP contribution in [0.1, 0.15) is 29.6 Å². The third-order valence-electron chi connectivity index (χ3n) is 2.97. The van der Waals surface area contributed by atoms with Crippen molar-refractivity contribution < 1.29 is 14.6 Å². The predicted octanol–water partition coefficient (Wildman–Crippen LogP) is 2.45. The summed E-state index contributed by atoms with van der Waals surface area (Å²) in [7, 11) is 0. The van der Waals surface area contributed by atoms with Crippen molar-refractivity contribution in [2.75, 3.05) is 13.2 Å². The van der Waals surface area contributed by atoms with Crippen molar-refractivity contribution in [3.63, 3.8) is 0 Å². The molecule has 1 saturated heterocycles. The van der Waals surface area contributed by atoms with E-state index in [2.05, 4.69) is 21.2 Å². The maximum absolute atomic E-state index is 11.9. The van der Waals surface area contributed by atoms with Crippen molar-refractivity contribution >= 4 is 21.8 Å². The van der Waals surface area contributed by atoms with E-state index in [-0.39, 0.29) is 17.8 Å². The molecule has 0 spiro atoms. The quantitative estimate of drug-likeness (QED) is 0.901. The Morgan fingerprint density at radius 3 is 3.00 bits per heavy atom. The third-order valence-corrected chi connectivity index (χ3v) is 3.64. The summed E-state index contributed by atoms with van der Waals surface area (Å²) in [5, 5.41) is 12.3. The average Bonchev–Trinajstić information content (AvgIpc) is 2.40. The fourth-order valence-electron chi connectivity index (χ4n) is 1.93. The first kappa shape index (κ1) is 13.4. The minimum atomic E-state index is -0.188.